The molecule has 2 N–H and O–H groups in total. The van der Waals surface area contributed by atoms with E-state index in [-0.39, 0.29) is 23.0 Å². The van der Waals surface area contributed by atoms with Crippen LogP contribution in [0.3, 0.4) is 0 Å². The number of rotatable bonds is 5. The van der Waals surface area contributed by atoms with E-state index >= 15 is 4.39 Å². The fraction of sp³-hybridized carbons (Fsp3) is 0.346. The summed E-state index contributed by atoms with van der Waals surface area (Å²) in [5.74, 6) is 0.108. The van der Waals surface area contributed by atoms with Gasteiger partial charge in [0.05, 0.1) is 12.5 Å². The van der Waals surface area contributed by atoms with E-state index in [9.17, 15) is 5.11 Å². The maximum atomic E-state index is 16.0. The van der Waals surface area contributed by atoms with Crippen molar-refractivity contribution in [2.24, 2.45) is 0 Å². The smallest absolute Gasteiger partial charge is 0.318 e. The van der Waals surface area contributed by atoms with Crippen molar-refractivity contribution in [3.8, 4) is 23.0 Å². The lowest BCUT2D eigenvalue weighted by atomic mass is 10.00. The number of methoxy groups -OCH3 is 1. The Balaban J connectivity index is 1.70. The number of nitrogens with one attached hydrogen (secondary N) is 1. The molecule has 2 unspecified atom stereocenters. The molecule has 2 atom stereocenters. The van der Waals surface area contributed by atoms with E-state index in [2.05, 4.69) is 39.0 Å². The Labute approximate surface area is 197 Å². The number of ether oxygens (including phenoxy) is 1. The van der Waals surface area contributed by atoms with Crippen LogP contribution < -0.4 is 15.0 Å². The SMILES string of the molecule is CCC1CN(c2nc(OC)nc3c(F)c(-c4cc(O)cc5ccccc45)ncc23)CC(CC)N1. The summed E-state index contributed by atoms with van der Waals surface area (Å²) in [6.45, 7) is 5.81. The van der Waals surface area contributed by atoms with Crippen LogP contribution in [0.15, 0.2) is 42.6 Å². The molecule has 0 amide bonds. The third kappa shape index (κ3) is 3.88. The average molecular weight is 462 g/mol. The lowest BCUT2D eigenvalue weighted by molar-refractivity contribution is 0.352. The first kappa shape index (κ1) is 22.3. The molecule has 1 saturated heterocycles. The Bertz CT molecular complexity index is 1350. The number of phenols is 1. The normalized spacial score (nSPS) is 18.5. The molecule has 2 aromatic carbocycles. The number of pyridine rings is 1. The second-order valence-corrected chi connectivity index (χ2v) is 8.71. The number of nitrogens with zero attached hydrogens (tertiary/aromatic N) is 4. The largest absolute Gasteiger partial charge is 0.508 e. The molecular formula is C26H28FN5O2. The third-order valence-corrected chi connectivity index (χ3v) is 6.57. The highest BCUT2D eigenvalue weighted by atomic mass is 19.1. The van der Waals surface area contributed by atoms with Crippen LogP contribution in [-0.4, -0.2) is 52.3 Å². The van der Waals surface area contributed by atoms with Crippen LogP contribution in [0.4, 0.5) is 10.2 Å². The summed E-state index contributed by atoms with van der Waals surface area (Å²) in [6.07, 6.45) is 3.59. The summed E-state index contributed by atoms with van der Waals surface area (Å²) < 4.78 is 21.4. The number of anilines is 1. The van der Waals surface area contributed by atoms with Gasteiger partial charge in [0.25, 0.3) is 0 Å². The van der Waals surface area contributed by atoms with Gasteiger partial charge in [-0.2, -0.15) is 9.97 Å². The van der Waals surface area contributed by atoms with E-state index in [0.29, 0.717) is 28.9 Å². The monoisotopic (exact) mass is 461 g/mol. The molecule has 34 heavy (non-hydrogen) atoms. The third-order valence-electron chi connectivity index (χ3n) is 6.57. The summed E-state index contributed by atoms with van der Waals surface area (Å²) >= 11 is 0. The zero-order valence-electron chi connectivity index (χ0n) is 19.5. The molecule has 8 heteroatoms. The van der Waals surface area contributed by atoms with Crippen LogP contribution in [-0.2, 0) is 0 Å². The van der Waals surface area contributed by atoms with E-state index in [0.717, 1.165) is 36.7 Å². The maximum absolute atomic E-state index is 16.0. The Morgan fingerprint density at radius 1 is 1.09 bits per heavy atom. The molecule has 4 aromatic rings. The zero-order valence-corrected chi connectivity index (χ0v) is 19.5. The van der Waals surface area contributed by atoms with E-state index in [1.165, 1.54) is 13.2 Å². The number of halogens is 1. The van der Waals surface area contributed by atoms with Gasteiger partial charge in [0.2, 0.25) is 0 Å². The van der Waals surface area contributed by atoms with E-state index in [1.807, 2.05) is 24.3 Å². The summed E-state index contributed by atoms with van der Waals surface area (Å²) in [6, 6.07) is 11.4. The van der Waals surface area contributed by atoms with Gasteiger partial charge in [-0.25, -0.2) is 4.39 Å². The van der Waals surface area contributed by atoms with E-state index in [1.54, 1.807) is 12.3 Å². The van der Waals surface area contributed by atoms with Crippen molar-refractivity contribution in [1.29, 1.82) is 0 Å². The number of aromatic hydroxyl groups is 1. The Morgan fingerprint density at radius 2 is 1.82 bits per heavy atom. The highest BCUT2D eigenvalue weighted by Gasteiger charge is 2.28. The highest BCUT2D eigenvalue weighted by molar-refractivity contribution is 5.99. The number of benzene rings is 2. The summed E-state index contributed by atoms with van der Waals surface area (Å²) in [5.41, 5.74) is 0.789. The lowest BCUT2D eigenvalue weighted by Crippen LogP contribution is -2.56. The Morgan fingerprint density at radius 3 is 2.53 bits per heavy atom. The summed E-state index contributed by atoms with van der Waals surface area (Å²) in [7, 11) is 1.48. The molecule has 1 aliphatic rings. The number of hydrogen-bond acceptors (Lipinski definition) is 7. The van der Waals surface area contributed by atoms with Crippen molar-refractivity contribution < 1.29 is 14.2 Å². The first-order chi connectivity index (χ1) is 16.5. The number of phenolic OH excluding ortho intramolecular Hbond substituents is 1. The number of fused-ring (bicyclic) bond motifs is 2. The van der Waals surface area contributed by atoms with Crippen LogP contribution in [0.25, 0.3) is 32.9 Å². The molecule has 3 heterocycles. The Kier molecular flexibility index (Phi) is 5.91. The van der Waals surface area contributed by atoms with Crippen molar-refractivity contribution in [2.75, 3.05) is 25.1 Å². The highest BCUT2D eigenvalue weighted by Crippen LogP contribution is 2.37. The zero-order chi connectivity index (χ0) is 23.8. The molecule has 5 rings (SSSR count). The molecule has 1 aliphatic heterocycles. The van der Waals surface area contributed by atoms with Crippen molar-refractivity contribution >= 4 is 27.5 Å². The molecule has 2 aromatic heterocycles. The molecule has 0 aliphatic carbocycles. The van der Waals surface area contributed by atoms with Crippen LogP contribution in [0.1, 0.15) is 26.7 Å². The molecule has 0 saturated carbocycles. The van der Waals surface area contributed by atoms with Crippen molar-refractivity contribution in [3.63, 3.8) is 0 Å². The number of hydrogen-bond donors (Lipinski definition) is 2. The minimum atomic E-state index is -0.565. The minimum absolute atomic E-state index is 0.0491. The molecule has 7 nitrogen and oxygen atoms in total. The molecule has 0 bridgehead atoms. The van der Waals surface area contributed by atoms with Gasteiger partial charge in [-0.05, 0) is 35.7 Å². The molecule has 176 valence electrons. The van der Waals surface area contributed by atoms with Gasteiger partial charge >= 0.3 is 6.01 Å². The second-order valence-electron chi connectivity index (χ2n) is 8.71. The first-order valence-corrected chi connectivity index (χ1v) is 11.7. The fourth-order valence-corrected chi connectivity index (χ4v) is 4.74. The standard InChI is InChI=1S/C26H28FN5O2/c1-4-16-13-32(14-17(5-2)29-16)25-21-12-28-23(22(27)24(21)30-26(31-25)34-3)20-11-18(33)10-15-8-6-7-9-19(15)20/h6-12,16-17,29,33H,4-5,13-14H2,1-3H3. The van der Waals surface area contributed by atoms with Crippen LogP contribution in [0.5, 0.6) is 11.8 Å². The van der Waals surface area contributed by atoms with E-state index in [4.69, 9.17) is 4.74 Å². The lowest BCUT2D eigenvalue weighted by Gasteiger charge is -2.39. The quantitative estimate of drug-likeness (QED) is 0.447. The first-order valence-electron chi connectivity index (χ1n) is 11.7. The van der Waals surface area contributed by atoms with Gasteiger partial charge < -0.3 is 20.1 Å². The van der Waals surface area contributed by atoms with Gasteiger partial charge in [-0.15, -0.1) is 0 Å². The van der Waals surface area contributed by atoms with Crippen molar-refractivity contribution in [2.45, 2.75) is 38.8 Å². The predicted molar refractivity (Wildman–Crippen MR) is 132 cm³/mol. The maximum Gasteiger partial charge on any atom is 0.318 e. The van der Waals surface area contributed by atoms with E-state index < -0.39 is 5.82 Å². The molecule has 0 spiro atoms. The predicted octanol–water partition coefficient (Wildman–Crippen LogP) is 4.67. The minimum Gasteiger partial charge on any atom is -0.508 e. The van der Waals surface area contributed by atoms with Crippen LogP contribution in [0.2, 0.25) is 0 Å². The fourth-order valence-electron chi connectivity index (χ4n) is 4.74. The summed E-state index contributed by atoms with van der Waals surface area (Å²) in [5, 5.41) is 16.1. The van der Waals surface area contributed by atoms with Crippen molar-refractivity contribution in [1.82, 2.24) is 20.3 Å². The number of piperazine rings is 1. The Hall–Kier alpha value is -3.52. The van der Waals surface area contributed by atoms with Gasteiger partial charge in [-0.1, -0.05) is 38.1 Å². The second kappa shape index (κ2) is 9.02. The van der Waals surface area contributed by atoms with Crippen molar-refractivity contribution in [3.05, 3.63) is 48.4 Å². The molecule has 0 radical (unpaired) electrons. The van der Waals surface area contributed by atoms with Crippen LogP contribution >= 0.6 is 0 Å². The molecule has 1 fully saturated rings. The van der Waals surface area contributed by atoms with Gasteiger partial charge in [0, 0.05) is 36.9 Å². The van der Waals surface area contributed by atoms with Gasteiger partial charge in [0.1, 0.15) is 22.8 Å². The van der Waals surface area contributed by atoms with Crippen LogP contribution in [0, 0.1) is 5.82 Å². The topological polar surface area (TPSA) is 83.4 Å². The van der Waals surface area contributed by atoms with Gasteiger partial charge in [-0.3, -0.25) is 4.98 Å². The van der Waals surface area contributed by atoms with Gasteiger partial charge in [0.15, 0.2) is 5.82 Å². The summed E-state index contributed by atoms with van der Waals surface area (Å²) in [4.78, 5) is 15.7. The molecular weight excluding hydrogens is 433 g/mol. The average Bonchev–Trinajstić information content (AvgIpc) is 2.87. The number of aromatic nitrogens is 3.